The zero-order valence-corrected chi connectivity index (χ0v) is 8.70. The van der Waals surface area contributed by atoms with Crippen molar-refractivity contribution in [1.82, 2.24) is 5.32 Å². The highest BCUT2D eigenvalue weighted by Crippen LogP contribution is 2.25. The van der Waals surface area contributed by atoms with E-state index in [0.717, 1.165) is 18.5 Å². The molecule has 80 valence electrons. The zero-order valence-electron chi connectivity index (χ0n) is 8.70. The molecule has 1 heterocycles. The Morgan fingerprint density at radius 3 is 2.80 bits per heavy atom. The lowest BCUT2D eigenvalue weighted by atomic mass is 9.93. The molecule has 3 heteroatoms. The van der Waals surface area contributed by atoms with E-state index in [2.05, 4.69) is 5.32 Å². The number of rotatable bonds is 2. The van der Waals surface area contributed by atoms with E-state index in [4.69, 9.17) is 5.73 Å². The predicted octanol–water partition coefficient (Wildman–Crippen LogP) is 1.60. The molecule has 0 aromatic heterocycles. The Morgan fingerprint density at radius 2 is 2.13 bits per heavy atom. The van der Waals surface area contributed by atoms with Crippen molar-refractivity contribution in [3.8, 4) is 0 Å². The highest BCUT2D eigenvalue weighted by Gasteiger charge is 2.18. The molecular weight excluding hydrogens is 188 g/mol. The Labute approximate surface area is 89.7 Å². The van der Waals surface area contributed by atoms with Crippen LogP contribution in [0.15, 0.2) is 24.3 Å². The topological polar surface area (TPSA) is 55.1 Å². The summed E-state index contributed by atoms with van der Waals surface area (Å²) in [7, 11) is 0. The number of piperidine rings is 1. The van der Waals surface area contributed by atoms with Gasteiger partial charge in [0.05, 0.1) is 0 Å². The van der Waals surface area contributed by atoms with E-state index in [1.807, 2.05) is 18.2 Å². The number of carbonyl (C=O) groups excluding carboxylic acids is 1. The van der Waals surface area contributed by atoms with Gasteiger partial charge in [0.15, 0.2) is 0 Å². The number of nitrogens with one attached hydrogen (secondary N) is 1. The first-order chi connectivity index (χ1) is 7.29. The molecule has 0 aliphatic carbocycles. The molecular formula is C12H16N2O. The fourth-order valence-electron chi connectivity index (χ4n) is 2.14. The van der Waals surface area contributed by atoms with Crippen LogP contribution >= 0.6 is 0 Å². The molecule has 1 aromatic carbocycles. The number of hydrogen-bond acceptors (Lipinski definition) is 2. The number of primary amides is 1. The molecule has 1 aliphatic heterocycles. The van der Waals surface area contributed by atoms with Gasteiger partial charge in [-0.15, -0.1) is 0 Å². The molecule has 1 aliphatic rings. The zero-order chi connectivity index (χ0) is 10.7. The summed E-state index contributed by atoms with van der Waals surface area (Å²) in [6.45, 7) is 1.03. The summed E-state index contributed by atoms with van der Waals surface area (Å²) in [6, 6.07) is 7.89. The Balaban J connectivity index is 2.29. The van der Waals surface area contributed by atoms with Gasteiger partial charge in [0.2, 0.25) is 5.91 Å². The average Bonchev–Trinajstić information content (AvgIpc) is 2.30. The number of amides is 1. The second-order valence-electron chi connectivity index (χ2n) is 3.95. The van der Waals surface area contributed by atoms with Gasteiger partial charge in [-0.05, 0) is 31.0 Å². The molecule has 0 spiro atoms. The van der Waals surface area contributed by atoms with Gasteiger partial charge in [-0.3, -0.25) is 4.79 Å². The monoisotopic (exact) mass is 204 g/mol. The van der Waals surface area contributed by atoms with Gasteiger partial charge < -0.3 is 11.1 Å². The van der Waals surface area contributed by atoms with Crippen LogP contribution in [0.4, 0.5) is 0 Å². The van der Waals surface area contributed by atoms with Gasteiger partial charge in [-0.25, -0.2) is 0 Å². The van der Waals surface area contributed by atoms with E-state index in [0.29, 0.717) is 11.6 Å². The Hall–Kier alpha value is -1.35. The van der Waals surface area contributed by atoms with Gasteiger partial charge in [-0.2, -0.15) is 0 Å². The number of hydrogen-bond donors (Lipinski definition) is 2. The Morgan fingerprint density at radius 1 is 1.33 bits per heavy atom. The predicted molar refractivity (Wildman–Crippen MR) is 59.6 cm³/mol. The van der Waals surface area contributed by atoms with Crippen LogP contribution in [0.3, 0.4) is 0 Å². The smallest absolute Gasteiger partial charge is 0.249 e. The van der Waals surface area contributed by atoms with E-state index in [-0.39, 0.29) is 5.91 Å². The molecule has 3 nitrogen and oxygen atoms in total. The first-order valence-corrected chi connectivity index (χ1v) is 5.41. The van der Waals surface area contributed by atoms with E-state index in [1.54, 1.807) is 6.07 Å². The quantitative estimate of drug-likeness (QED) is 0.768. The lowest BCUT2D eigenvalue weighted by Gasteiger charge is -2.25. The third-order valence-corrected chi connectivity index (χ3v) is 2.91. The highest BCUT2D eigenvalue weighted by atomic mass is 16.1. The maximum atomic E-state index is 11.3. The van der Waals surface area contributed by atoms with Crippen molar-refractivity contribution in [3.05, 3.63) is 35.4 Å². The van der Waals surface area contributed by atoms with Gasteiger partial charge in [0.1, 0.15) is 0 Å². The van der Waals surface area contributed by atoms with Gasteiger partial charge in [0.25, 0.3) is 0 Å². The molecule has 2 rings (SSSR count). The lowest BCUT2D eigenvalue weighted by Crippen LogP contribution is -2.29. The number of benzene rings is 1. The Bertz CT molecular complexity index is 356. The molecule has 0 radical (unpaired) electrons. The van der Waals surface area contributed by atoms with Crippen molar-refractivity contribution in [3.63, 3.8) is 0 Å². The molecule has 0 saturated carbocycles. The fourth-order valence-corrected chi connectivity index (χ4v) is 2.14. The molecule has 1 saturated heterocycles. The molecule has 15 heavy (non-hydrogen) atoms. The minimum absolute atomic E-state index is 0.294. The molecule has 1 atom stereocenters. The summed E-state index contributed by atoms with van der Waals surface area (Å²) in [5.41, 5.74) is 7.05. The molecule has 1 aromatic rings. The van der Waals surface area contributed by atoms with Gasteiger partial charge in [0, 0.05) is 11.6 Å². The van der Waals surface area contributed by atoms with Crippen LogP contribution in [0, 0.1) is 0 Å². The van der Waals surface area contributed by atoms with Crippen LogP contribution < -0.4 is 11.1 Å². The van der Waals surface area contributed by atoms with Crippen LogP contribution in [0.1, 0.15) is 41.2 Å². The van der Waals surface area contributed by atoms with Crippen LogP contribution in [-0.4, -0.2) is 12.5 Å². The van der Waals surface area contributed by atoms with E-state index in [1.165, 1.54) is 12.8 Å². The molecule has 3 N–H and O–H groups in total. The summed E-state index contributed by atoms with van der Waals surface area (Å²) < 4.78 is 0. The van der Waals surface area contributed by atoms with Crippen LogP contribution in [0.5, 0.6) is 0 Å². The van der Waals surface area contributed by atoms with E-state index < -0.39 is 0 Å². The summed E-state index contributed by atoms with van der Waals surface area (Å²) in [4.78, 5) is 11.3. The standard InChI is InChI=1S/C12H16N2O/c13-12(15)10-6-2-1-5-9(10)11-7-3-4-8-14-11/h1-2,5-6,11,14H,3-4,7-8H2,(H2,13,15)/t11-/m0/s1. The number of nitrogens with two attached hydrogens (primary N) is 1. The van der Waals surface area contributed by atoms with Crippen molar-refractivity contribution in [2.45, 2.75) is 25.3 Å². The van der Waals surface area contributed by atoms with E-state index in [9.17, 15) is 4.79 Å². The van der Waals surface area contributed by atoms with Crippen molar-refractivity contribution in [1.29, 1.82) is 0 Å². The second-order valence-corrected chi connectivity index (χ2v) is 3.95. The summed E-state index contributed by atoms with van der Waals surface area (Å²) in [6.07, 6.45) is 3.52. The second kappa shape index (κ2) is 4.45. The summed E-state index contributed by atoms with van der Waals surface area (Å²) in [5, 5.41) is 3.42. The van der Waals surface area contributed by atoms with Crippen LogP contribution in [0.2, 0.25) is 0 Å². The average molecular weight is 204 g/mol. The van der Waals surface area contributed by atoms with Gasteiger partial charge >= 0.3 is 0 Å². The fraction of sp³-hybridized carbons (Fsp3) is 0.417. The largest absolute Gasteiger partial charge is 0.366 e. The molecule has 1 amide bonds. The number of carbonyl (C=O) groups is 1. The summed E-state index contributed by atoms with van der Waals surface area (Å²) >= 11 is 0. The Kier molecular flexibility index (Phi) is 3.02. The third-order valence-electron chi connectivity index (χ3n) is 2.91. The normalized spacial score (nSPS) is 21.2. The minimum atomic E-state index is -0.335. The highest BCUT2D eigenvalue weighted by molar-refractivity contribution is 5.94. The third kappa shape index (κ3) is 2.18. The van der Waals surface area contributed by atoms with Crippen LogP contribution in [-0.2, 0) is 0 Å². The summed E-state index contributed by atoms with van der Waals surface area (Å²) in [5.74, 6) is -0.335. The van der Waals surface area contributed by atoms with Crippen molar-refractivity contribution >= 4 is 5.91 Å². The maximum Gasteiger partial charge on any atom is 0.249 e. The molecule has 1 fully saturated rings. The van der Waals surface area contributed by atoms with Gasteiger partial charge in [-0.1, -0.05) is 24.6 Å². The van der Waals surface area contributed by atoms with Crippen molar-refractivity contribution < 1.29 is 4.79 Å². The lowest BCUT2D eigenvalue weighted by molar-refractivity contribution is 0.0998. The van der Waals surface area contributed by atoms with E-state index >= 15 is 0 Å². The first-order valence-electron chi connectivity index (χ1n) is 5.41. The SMILES string of the molecule is NC(=O)c1ccccc1[C@@H]1CCCCN1. The van der Waals surface area contributed by atoms with Crippen LogP contribution in [0.25, 0.3) is 0 Å². The molecule has 0 bridgehead atoms. The van der Waals surface area contributed by atoms with Crippen molar-refractivity contribution in [2.24, 2.45) is 5.73 Å². The van der Waals surface area contributed by atoms with Crippen molar-refractivity contribution in [2.75, 3.05) is 6.54 Å². The maximum absolute atomic E-state index is 11.3. The molecule has 0 unspecified atom stereocenters. The first kappa shape index (κ1) is 10.2. The minimum Gasteiger partial charge on any atom is -0.366 e.